The minimum atomic E-state index is -3.62. The number of sulfonamides is 1. The van der Waals surface area contributed by atoms with Gasteiger partial charge in [-0.15, -0.1) is 0 Å². The third-order valence-electron chi connectivity index (χ3n) is 6.83. The van der Waals surface area contributed by atoms with Crippen molar-refractivity contribution < 1.29 is 27.5 Å². The van der Waals surface area contributed by atoms with E-state index in [9.17, 15) is 18.0 Å². The summed E-state index contributed by atoms with van der Waals surface area (Å²) >= 11 is 0. The number of carbonyl (C=O) groups is 2. The summed E-state index contributed by atoms with van der Waals surface area (Å²) < 4.78 is 38.3. The topological polar surface area (TPSA) is 114 Å². The minimum Gasteiger partial charge on any atom is -0.454 e. The average molecular weight is 516 g/mol. The lowest BCUT2D eigenvalue weighted by Gasteiger charge is -2.35. The highest BCUT2D eigenvalue weighted by molar-refractivity contribution is 7.89. The smallest absolute Gasteiger partial charge is 0.252 e. The average Bonchev–Trinajstić information content (AvgIpc) is 3.35. The van der Waals surface area contributed by atoms with E-state index in [0.29, 0.717) is 29.9 Å². The highest BCUT2D eigenvalue weighted by Gasteiger charge is 2.36. The normalized spacial score (nSPS) is 17.9. The second-order valence-electron chi connectivity index (χ2n) is 9.39. The van der Waals surface area contributed by atoms with E-state index in [2.05, 4.69) is 10.6 Å². The summed E-state index contributed by atoms with van der Waals surface area (Å²) in [7, 11) is -3.62. The van der Waals surface area contributed by atoms with Crippen molar-refractivity contribution in [1.82, 2.24) is 14.9 Å². The summed E-state index contributed by atoms with van der Waals surface area (Å²) in [4.78, 5) is 26.6. The van der Waals surface area contributed by atoms with E-state index in [1.54, 1.807) is 42.5 Å². The molecule has 4 rings (SSSR count). The number of carbonyl (C=O) groups excluding carboxylic acids is 2. The molecule has 2 aliphatic rings. The molecule has 194 valence electrons. The third-order valence-corrected chi connectivity index (χ3v) is 8.75. The Kier molecular flexibility index (Phi) is 7.85. The second kappa shape index (κ2) is 10.9. The largest absolute Gasteiger partial charge is 0.454 e. The van der Waals surface area contributed by atoms with Gasteiger partial charge in [0.05, 0.1) is 4.90 Å². The Balaban J connectivity index is 1.48. The van der Waals surface area contributed by atoms with Crippen LogP contribution in [0.25, 0.3) is 0 Å². The van der Waals surface area contributed by atoms with E-state index in [-0.39, 0.29) is 42.6 Å². The predicted octanol–water partition coefficient (Wildman–Crippen LogP) is 2.84. The molecule has 2 aromatic carbocycles. The Morgan fingerprint density at radius 3 is 2.36 bits per heavy atom. The Morgan fingerprint density at radius 2 is 1.69 bits per heavy atom. The molecule has 36 heavy (non-hydrogen) atoms. The van der Waals surface area contributed by atoms with Crippen LogP contribution in [-0.4, -0.2) is 56.5 Å². The number of nitrogens with one attached hydrogen (secondary N) is 2. The van der Waals surface area contributed by atoms with Gasteiger partial charge in [-0.05, 0) is 69.4 Å². The summed E-state index contributed by atoms with van der Waals surface area (Å²) in [6.07, 6.45) is 1.65. The van der Waals surface area contributed by atoms with Gasteiger partial charge in [0.2, 0.25) is 22.7 Å². The molecule has 0 aliphatic carbocycles. The lowest BCUT2D eigenvalue weighted by Crippen LogP contribution is -2.55. The fourth-order valence-electron chi connectivity index (χ4n) is 4.40. The Labute approximate surface area is 212 Å². The predicted molar refractivity (Wildman–Crippen MR) is 134 cm³/mol. The molecule has 0 saturated carbocycles. The van der Waals surface area contributed by atoms with E-state index in [1.807, 2.05) is 20.8 Å². The molecular formula is C26H33N3O6S. The summed E-state index contributed by atoms with van der Waals surface area (Å²) in [6.45, 7) is 6.43. The van der Waals surface area contributed by atoms with Gasteiger partial charge in [0.1, 0.15) is 6.04 Å². The third kappa shape index (κ3) is 5.65. The Morgan fingerprint density at radius 1 is 1.03 bits per heavy atom. The summed E-state index contributed by atoms with van der Waals surface area (Å²) in [5.74, 6) is 0.180. The van der Waals surface area contributed by atoms with Gasteiger partial charge >= 0.3 is 0 Å². The number of hydrogen-bond acceptors (Lipinski definition) is 6. The maximum Gasteiger partial charge on any atom is 0.252 e. The van der Waals surface area contributed by atoms with Gasteiger partial charge in [-0.1, -0.05) is 24.6 Å². The molecule has 9 nitrogen and oxygen atoms in total. The number of ether oxygens (including phenoxy) is 2. The molecule has 1 saturated heterocycles. The molecule has 2 amide bonds. The molecule has 10 heteroatoms. The van der Waals surface area contributed by atoms with Crippen molar-refractivity contribution in [2.45, 2.75) is 57.0 Å². The fraction of sp³-hybridized carbons (Fsp3) is 0.462. The van der Waals surface area contributed by atoms with Crippen LogP contribution in [0, 0.1) is 12.8 Å². The molecule has 2 aliphatic heterocycles. The van der Waals surface area contributed by atoms with Crippen molar-refractivity contribution in [3.63, 3.8) is 0 Å². The van der Waals surface area contributed by atoms with E-state index in [1.165, 1.54) is 4.31 Å². The number of aryl methyl sites for hydroxylation is 1. The van der Waals surface area contributed by atoms with Crippen molar-refractivity contribution in [2.24, 2.45) is 5.92 Å². The van der Waals surface area contributed by atoms with Crippen LogP contribution in [0.1, 0.15) is 49.0 Å². The number of piperidine rings is 1. The van der Waals surface area contributed by atoms with E-state index in [4.69, 9.17) is 9.47 Å². The summed E-state index contributed by atoms with van der Waals surface area (Å²) in [5.41, 5.74) is 1.35. The summed E-state index contributed by atoms with van der Waals surface area (Å²) in [6, 6.07) is 10.8. The molecule has 2 atom stereocenters. The number of fused-ring (bicyclic) bond motifs is 1. The number of amides is 2. The van der Waals surface area contributed by atoms with Crippen LogP contribution in [0.15, 0.2) is 47.4 Å². The Hall–Kier alpha value is -3.11. The zero-order valence-electron chi connectivity index (χ0n) is 20.8. The van der Waals surface area contributed by atoms with Crippen LogP contribution in [0.3, 0.4) is 0 Å². The standard InChI is InChI=1S/C26H33N3O6S/c1-4-18(3)27-26(31)24(28-25(30)20-7-10-22-23(15-20)35-16-34-22)19-11-13-29(14-12-19)36(32,33)21-8-5-17(2)6-9-21/h5-10,15,18-19,24H,4,11-14,16H2,1-3H3,(H,27,31)(H,28,30)/t18-,24+/m1/s1. The Bertz CT molecular complexity index is 1210. The van der Waals surface area contributed by atoms with E-state index < -0.39 is 22.0 Å². The van der Waals surface area contributed by atoms with Crippen molar-refractivity contribution in [2.75, 3.05) is 19.9 Å². The lowest BCUT2D eigenvalue weighted by molar-refractivity contribution is -0.125. The highest BCUT2D eigenvalue weighted by Crippen LogP contribution is 2.33. The van der Waals surface area contributed by atoms with Crippen molar-refractivity contribution in [3.8, 4) is 11.5 Å². The van der Waals surface area contributed by atoms with Gasteiger partial charge in [0.15, 0.2) is 11.5 Å². The quantitative estimate of drug-likeness (QED) is 0.559. The molecule has 2 aromatic rings. The van der Waals surface area contributed by atoms with Crippen LogP contribution in [0.4, 0.5) is 0 Å². The molecule has 0 spiro atoms. The van der Waals surface area contributed by atoms with Gasteiger partial charge < -0.3 is 20.1 Å². The maximum atomic E-state index is 13.2. The van der Waals surface area contributed by atoms with Gasteiger partial charge in [-0.25, -0.2) is 8.42 Å². The van der Waals surface area contributed by atoms with Crippen LogP contribution in [0.2, 0.25) is 0 Å². The van der Waals surface area contributed by atoms with E-state index in [0.717, 1.165) is 12.0 Å². The van der Waals surface area contributed by atoms with Gasteiger partial charge in [-0.3, -0.25) is 9.59 Å². The minimum absolute atomic E-state index is 0.0514. The number of benzene rings is 2. The monoisotopic (exact) mass is 515 g/mol. The summed E-state index contributed by atoms with van der Waals surface area (Å²) in [5, 5.41) is 5.87. The first-order chi connectivity index (χ1) is 17.2. The molecule has 1 fully saturated rings. The zero-order chi connectivity index (χ0) is 25.9. The number of nitrogens with zero attached hydrogens (tertiary/aromatic N) is 1. The zero-order valence-corrected chi connectivity index (χ0v) is 21.6. The van der Waals surface area contributed by atoms with E-state index >= 15 is 0 Å². The SMILES string of the molecule is CC[C@@H](C)NC(=O)[C@@H](NC(=O)c1ccc2c(c1)OCO2)C1CCN(S(=O)(=O)c2ccc(C)cc2)CC1. The van der Waals surface area contributed by atoms with Crippen molar-refractivity contribution in [3.05, 3.63) is 53.6 Å². The number of rotatable bonds is 8. The van der Waals surface area contributed by atoms with Crippen LogP contribution in [-0.2, 0) is 14.8 Å². The molecule has 2 heterocycles. The highest BCUT2D eigenvalue weighted by atomic mass is 32.2. The van der Waals surface area contributed by atoms with Gasteiger partial charge in [-0.2, -0.15) is 4.31 Å². The van der Waals surface area contributed by atoms with Gasteiger partial charge in [0, 0.05) is 24.7 Å². The lowest BCUT2D eigenvalue weighted by atomic mass is 9.89. The molecule has 0 radical (unpaired) electrons. The molecule has 0 aromatic heterocycles. The first-order valence-corrected chi connectivity index (χ1v) is 13.7. The maximum absolute atomic E-state index is 13.2. The van der Waals surface area contributed by atoms with Crippen molar-refractivity contribution >= 4 is 21.8 Å². The van der Waals surface area contributed by atoms with Crippen molar-refractivity contribution in [1.29, 1.82) is 0 Å². The van der Waals surface area contributed by atoms with Gasteiger partial charge in [0.25, 0.3) is 5.91 Å². The first-order valence-electron chi connectivity index (χ1n) is 12.3. The second-order valence-corrected chi connectivity index (χ2v) is 11.3. The molecule has 0 bridgehead atoms. The van der Waals surface area contributed by atoms with Crippen LogP contribution < -0.4 is 20.1 Å². The van der Waals surface area contributed by atoms with Crippen LogP contribution in [0.5, 0.6) is 11.5 Å². The van der Waals surface area contributed by atoms with Crippen LogP contribution >= 0.6 is 0 Å². The first kappa shape index (κ1) is 26.0. The number of hydrogen-bond donors (Lipinski definition) is 2. The molecular weight excluding hydrogens is 482 g/mol. The molecule has 0 unspecified atom stereocenters. The fourth-order valence-corrected chi connectivity index (χ4v) is 5.87. The molecule has 2 N–H and O–H groups in total.